The van der Waals surface area contributed by atoms with E-state index in [0.29, 0.717) is 0 Å². The van der Waals surface area contributed by atoms with Crippen LogP contribution in [0, 0.1) is 0 Å². The van der Waals surface area contributed by atoms with Gasteiger partial charge in [-0.15, -0.1) is 24.0 Å². The number of halogens is 2. The van der Waals surface area contributed by atoms with E-state index in [0.717, 1.165) is 74.5 Å². The van der Waals surface area contributed by atoms with Gasteiger partial charge in [-0.1, -0.05) is 24.6 Å². The van der Waals surface area contributed by atoms with E-state index in [1.165, 1.54) is 13.1 Å². The van der Waals surface area contributed by atoms with Crippen LogP contribution in [0.25, 0.3) is 0 Å². The van der Waals surface area contributed by atoms with Gasteiger partial charge in [-0.3, -0.25) is 9.89 Å². The molecule has 1 fully saturated rings. The molecule has 1 heterocycles. The second-order valence-electron chi connectivity index (χ2n) is 6.67. The van der Waals surface area contributed by atoms with Crippen molar-refractivity contribution in [2.45, 2.75) is 20.3 Å². The zero-order valence-corrected chi connectivity index (χ0v) is 20.4. The van der Waals surface area contributed by atoms with Crippen LogP contribution >= 0.6 is 35.6 Å². The number of guanidine groups is 1. The Hall–Kier alpha value is -0.770. The highest BCUT2D eigenvalue weighted by atomic mass is 127. The van der Waals surface area contributed by atoms with E-state index in [1.54, 1.807) is 7.11 Å². The Morgan fingerprint density at radius 3 is 2.46 bits per heavy atom. The third kappa shape index (κ3) is 8.71. The molecule has 0 saturated carbocycles. The monoisotopic (exact) mass is 523 g/mol. The molecule has 2 N–H and O–H groups in total. The first-order valence-electron chi connectivity index (χ1n) is 9.95. The molecule has 0 amide bonds. The lowest BCUT2D eigenvalue weighted by atomic mass is 10.1. The fourth-order valence-electron chi connectivity index (χ4n) is 3.15. The Labute approximate surface area is 192 Å². The number of ether oxygens (including phenoxy) is 1. The Morgan fingerprint density at radius 2 is 1.86 bits per heavy atom. The van der Waals surface area contributed by atoms with Crippen LogP contribution in [0.3, 0.4) is 0 Å². The average Bonchev–Trinajstić information content (AvgIpc) is 2.69. The summed E-state index contributed by atoms with van der Waals surface area (Å²) in [5, 5.41) is 7.46. The third-order valence-electron chi connectivity index (χ3n) is 4.89. The highest BCUT2D eigenvalue weighted by molar-refractivity contribution is 14.0. The summed E-state index contributed by atoms with van der Waals surface area (Å²) in [5.41, 5.74) is 1.11. The summed E-state index contributed by atoms with van der Waals surface area (Å²) >= 11 is 6.31. The van der Waals surface area contributed by atoms with Crippen LogP contribution in [0.15, 0.2) is 23.2 Å². The van der Waals surface area contributed by atoms with Gasteiger partial charge in [0.05, 0.1) is 13.7 Å². The van der Waals surface area contributed by atoms with Crippen molar-refractivity contribution in [3.05, 3.63) is 28.8 Å². The highest BCUT2D eigenvalue weighted by Crippen LogP contribution is 2.22. The summed E-state index contributed by atoms with van der Waals surface area (Å²) < 4.78 is 5.20. The lowest BCUT2D eigenvalue weighted by molar-refractivity contribution is 0.140. The number of aliphatic imine (C=N–C) groups is 1. The van der Waals surface area contributed by atoms with E-state index in [9.17, 15) is 0 Å². The Balaban J connectivity index is 0.00000392. The van der Waals surface area contributed by atoms with E-state index < -0.39 is 0 Å². The maximum Gasteiger partial charge on any atom is 0.191 e. The summed E-state index contributed by atoms with van der Waals surface area (Å²) in [6.45, 7) is 13.5. The van der Waals surface area contributed by atoms with E-state index >= 15 is 0 Å². The molecule has 8 heteroatoms. The van der Waals surface area contributed by atoms with Gasteiger partial charge in [0.15, 0.2) is 5.96 Å². The number of nitrogens with zero attached hydrogens (tertiary/aromatic N) is 3. The van der Waals surface area contributed by atoms with Gasteiger partial charge in [0.2, 0.25) is 0 Å². The Bertz CT molecular complexity index is 594. The lowest BCUT2D eigenvalue weighted by Gasteiger charge is -2.33. The van der Waals surface area contributed by atoms with Crippen LogP contribution in [0.2, 0.25) is 5.02 Å². The van der Waals surface area contributed by atoms with Gasteiger partial charge >= 0.3 is 0 Å². The van der Waals surface area contributed by atoms with Gasteiger partial charge in [0.25, 0.3) is 0 Å². The summed E-state index contributed by atoms with van der Waals surface area (Å²) in [7, 11) is 1.65. The fourth-order valence-corrected chi connectivity index (χ4v) is 3.41. The summed E-state index contributed by atoms with van der Waals surface area (Å²) in [5.74, 6) is 1.65. The summed E-state index contributed by atoms with van der Waals surface area (Å²) in [6.07, 6.45) is 0.840. The smallest absolute Gasteiger partial charge is 0.191 e. The van der Waals surface area contributed by atoms with Gasteiger partial charge in [-0.2, -0.15) is 0 Å². The second kappa shape index (κ2) is 14.3. The molecule has 0 aliphatic carbocycles. The number of piperazine rings is 1. The first kappa shape index (κ1) is 25.3. The van der Waals surface area contributed by atoms with Crippen LogP contribution in [0.5, 0.6) is 5.75 Å². The molecule has 1 aliphatic rings. The normalized spacial score (nSPS) is 15.8. The number of hydrogen-bond donors (Lipinski definition) is 2. The number of methoxy groups -OCH3 is 1. The average molecular weight is 524 g/mol. The highest BCUT2D eigenvalue weighted by Gasteiger charge is 2.14. The van der Waals surface area contributed by atoms with Gasteiger partial charge < -0.3 is 20.3 Å². The minimum atomic E-state index is 0. The van der Waals surface area contributed by atoms with Gasteiger partial charge in [0.1, 0.15) is 5.75 Å². The van der Waals surface area contributed by atoms with Crippen molar-refractivity contribution >= 4 is 41.5 Å². The van der Waals surface area contributed by atoms with Crippen molar-refractivity contribution in [1.29, 1.82) is 0 Å². The quantitative estimate of drug-likeness (QED) is 0.296. The van der Waals surface area contributed by atoms with Crippen molar-refractivity contribution in [2.75, 3.05) is 66.0 Å². The SMILES string of the molecule is CCNC(=NCCN1CCN(CC)CC1)NCCc1ccc(OC)cc1Cl.I. The van der Waals surface area contributed by atoms with Crippen molar-refractivity contribution in [1.82, 2.24) is 20.4 Å². The number of hydrogen-bond acceptors (Lipinski definition) is 4. The number of likely N-dealkylation sites (N-methyl/N-ethyl adjacent to an activating group) is 1. The lowest BCUT2D eigenvalue weighted by Crippen LogP contribution is -2.47. The van der Waals surface area contributed by atoms with E-state index in [-0.39, 0.29) is 24.0 Å². The maximum atomic E-state index is 6.31. The molecule has 0 radical (unpaired) electrons. The molecule has 0 unspecified atom stereocenters. The van der Waals surface area contributed by atoms with Crippen molar-refractivity contribution < 1.29 is 4.74 Å². The number of rotatable bonds is 9. The zero-order chi connectivity index (χ0) is 19.5. The Morgan fingerprint density at radius 1 is 1.14 bits per heavy atom. The maximum absolute atomic E-state index is 6.31. The van der Waals surface area contributed by atoms with Crippen LogP contribution < -0.4 is 15.4 Å². The third-order valence-corrected chi connectivity index (χ3v) is 5.24. The molecule has 1 saturated heterocycles. The molecule has 160 valence electrons. The van der Waals surface area contributed by atoms with E-state index in [1.807, 2.05) is 18.2 Å². The van der Waals surface area contributed by atoms with E-state index in [2.05, 4.69) is 34.3 Å². The minimum Gasteiger partial charge on any atom is -0.497 e. The van der Waals surface area contributed by atoms with E-state index in [4.69, 9.17) is 21.3 Å². The largest absolute Gasteiger partial charge is 0.497 e. The van der Waals surface area contributed by atoms with Crippen molar-refractivity contribution in [3.63, 3.8) is 0 Å². The number of benzene rings is 1. The topological polar surface area (TPSA) is 52.1 Å². The van der Waals surface area contributed by atoms with Crippen LogP contribution in [-0.4, -0.2) is 81.8 Å². The van der Waals surface area contributed by atoms with Crippen LogP contribution in [0.4, 0.5) is 0 Å². The molecule has 1 aliphatic heterocycles. The second-order valence-corrected chi connectivity index (χ2v) is 7.08. The predicted molar refractivity (Wildman–Crippen MR) is 130 cm³/mol. The molecule has 0 atom stereocenters. The first-order valence-corrected chi connectivity index (χ1v) is 10.3. The molecular weight excluding hydrogens is 489 g/mol. The molecule has 0 spiro atoms. The summed E-state index contributed by atoms with van der Waals surface area (Å²) in [4.78, 5) is 9.71. The zero-order valence-electron chi connectivity index (χ0n) is 17.3. The molecule has 6 nitrogen and oxygen atoms in total. The first-order chi connectivity index (χ1) is 13.2. The standard InChI is InChI=1S/C20H34ClN5O.HI/c1-4-22-20(24-10-11-26-14-12-25(5-2)13-15-26)23-9-8-17-6-7-18(27-3)16-19(17)21;/h6-7,16H,4-5,8-15H2,1-3H3,(H2,22,23,24);1H. The van der Waals surface area contributed by atoms with Crippen molar-refractivity contribution in [2.24, 2.45) is 4.99 Å². The van der Waals surface area contributed by atoms with Gasteiger partial charge in [-0.05, 0) is 37.6 Å². The van der Waals surface area contributed by atoms with Crippen LogP contribution in [0.1, 0.15) is 19.4 Å². The van der Waals surface area contributed by atoms with Crippen molar-refractivity contribution in [3.8, 4) is 5.75 Å². The molecular formula is C20H35ClIN5O. The molecule has 1 aromatic carbocycles. The number of nitrogens with one attached hydrogen (secondary N) is 2. The molecule has 0 bridgehead atoms. The van der Waals surface area contributed by atoms with Gasteiger partial charge in [0, 0.05) is 50.8 Å². The molecule has 1 aromatic rings. The minimum absolute atomic E-state index is 0. The predicted octanol–water partition coefficient (Wildman–Crippen LogP) is 2.70. The molecule has 0 aromatic heterocycles. The molecule has 28 heavy (non-hydrogen) atoms. The fraction of sp³-hybridized carbons (Fsp3) is 0.650. The molecule has 2 rings (SSSR count). The summed E-state index contributed by atoms with van der Waals surface area (Å²) in [6, 6.07) is 5.82. The Kier molecular flexibility index (Phi) is 12.9. The van der Waals surface area contributed by atoms with Crippen LogP contribution in [-0.2, 0) is 6.42 Å². The van der Waals surface area contributed by atoms with Gasteiger partial charge in [-0.25, -0.2) is 0 Å².